The molecule has 1 aromatic carbocycles. The van der Waals surface area contributed by atoms with Crippen molar-refractivity contribution in [1.29, 1.82) is 0 Å². The first-order valence-corrected chi connectivity index (χ1v) is 5.38. The predicted molar refractivity (Wildman–Crippen MR) is 62.5 cm³/mol. The maximum absolute atomic E-state index is 2.26. The SMILES string of the molecule is Bc1ccc(CCCCCC)cc1. The molecule has 0 atom stereocenters. The third kappa shape index (κ3) is 4.16. The smallest absolute Gasteiger partial charge is 0.0889 e. The Morgan fingerprint density at radius 1 is 1.00 bits per heavy atom. The zero-order chi connectivity index (χ0) is 9.52. The van der Waals surface area contributed by atoms with Crippen LogP contribution in [0.15, 0.2) is 24.3 Å². The van der Waals surface area contributed by atoms with Gasteiger partial charge in [0.25, 0.3) is 0 Å². The molecule has 0 bridgehead atoms. The largest absolute Gasteiger partial charge is 0.139 e. The summed E-state index contributed by atoms with van der Waals surface area (Å²) in [6.45, 7) is 2.26. The predicted octanol–water partition coefficient (Wildman–Crippen LogP) is 2.07. The topological polar surface area (TPSA) is 0 Å². The molecule has 1 heteroatoms. The third-order valence-electron chi connectivity index (χ3n) is 2.44. The van der Waals surface area contributed by atoms with Crippen LogP contribution in [-0.2, 0) is 6.42 Å². The Labute approximate surface area is 82.8 Å². The fourth-order valence-electron chi connectivity index (χ4n) is 1.51. The summed E-state index contributed by atoms with van der Waals surface area (Å²) in [5.74, 6) is 0. The van der Waals surface area contributed by atoms with Crippen LogP contribution in [0.4, 0.5) is 0 Å². The van der Waals surface area contributed by atoms with Crippen molar-refractivity contribution >= 4 is 13.3 Å². The van der Waals surface area contributed by atoms with Crippen molar-refractivity contribution in [2.45, 2.75) is 39.0 Å². The maximum Gasteiger partial charge on any atom is 0.139 e. The van der Waals surface area contributed by atoms with Crippen LogP contribution in [0, 0.1) is 0 Å². The maximum atomic E-state index is 2.26. The van der Waals surface area contributed by atoms with E-state index >= 15 is 0 Å². The number of aryl methyl sites for hydroxylation is 1. The highest BCUT2D eigenvalue weighted by atomic mass is 14.0. The highest BCUT2D eigenvalue weighted by Gasteiger charge is 1.92. The molecule has 1 aromatic rings. The molecule has 0 heterocycles. The zero-order valence-corrected chi connectivity index (χ0v) is 8.84. The molecule has 0 unspecified atom stereocenters. The van der Waals surface area contributed by atoms with Crippen LogP contribution in [0.1, 0.15) is 38.2 Å². The van der Waals surface area contributed by atoms with Crippen molar-refractivity contribution in [3.63, 3.8) is 0 Å². The molecule has 70 valence electrons. The fraction of sp³-hybridized carbons (Fsp3) is 0.500. The van der Waals surface area contributed by atoms with E-state index in [-0.39, 0.29) is 0 Å². The summed E-state index contributed by atoms with van der Waals surface area (Å²) in [5, 5.41) is 0. The number of hydrogen-bond donors (Lipinski definition) is 0. The van der Waals surface area contributed by atoms with Gasteiger partial charge in [0.1, 0.15) is 7.85 Å². The van der Waals surface area contributed by atoms with E-state index in [9.17, 15) is 0 Å². The van der Waals surface area contributed by atoms with Crippen molar-refractivity contribution in [3.05, 3.63) is 29.8 Å². The minimum absolute atomic E-state index is 1.25. The number of benzene rings is 1. The van der Waals surface area contributed by atoms with Gasteiger partial charge in [0, 0.05) is 0 Å². The molecule has 1 rings (SSSR count). The summed E-state index contributed by atoms with van der Waals surface area (Å²) in [4.78, 5) is 0. The fourth-order valence-corrected chi connectivity index (χ4v) is 1.51. The quantitative estimate of drug-likeness (QED) is 0.473. The van der Waals surface area contributed by atoms with Crippen molar-refractivity contribution in [3.8, 4) is 0 Å². The van der Waals surface area contributed by atoms with Crippen LogP contribution in [0.25, 0.3) is 0 Å². The average molecular weight is 174 g/mol. The van der Waals surface area contributed by atoms with Gasteiger partial charge in [-0.1, -0.05) is 55.9 Å². The Bertz CT molecular complexity index is 225. The summed E-state index contributed by atoms with van der Waals surface area (Å²) < 4.78 is 0. The third-order valence-corrected chi connectivity index (χ3v) is 2.44. The Balaban J connectivity index is 2.25. The van der Waals surface area contributed by atoms with E-state index in [1.807, 2.05) is 0 Å². The first-order chi connectivity index (χ1) is 6.33. The molecule has 0 N–H and O–H groups in total. The lowest BCUT2D eigenvalue weighted by atomic mass is 9.94. The van der Waals surface area contributed by atoms with E-state index in [0.29, 0.717) is 0 Å². The summed E-state index contributed by atoms with van der Waals surface area (Å²) in [6.07, 6.45) is 6.68. The molecule has 0 saturated carbocycles. The van der Waals surface area contributed by atoms with E-state index in [1.54, 1.807) is 0 Å². The minimum Gasteiger partial charge on any atom is -0.0889 e. The van der Waals surface area contributed by atoms with Gasteiger partial charge in [0.05, 0.1) is 0 Å². The molecular formula is C12H19B. The van der Waals surface area contributed by atoms with E-state index < -0.39 is 0 Å². The summed E-state index contributed by atoms with van der Waals surface area (Å²) >= 11 is 0. The van der Waals surface area contributed by atoms with Gasteiger partial charge in [0.15, 0.2) is 0 Å². The summed E-state index contributed by atoms with van der Waals surface area (Å²) in [5.41, 5.74) is 2.85. The molecule has 0 nitrogen and oxygen atoms in total. The lowest BCUT2D eigenvalue weighted by Gasteiger charge is -2.01. The standard InChI is InChI=1S/C12H19B/c1-2-3-4-5-6-11-7-9-12(13)10-8-11/h7-10H,2-6,13H2,1H3. The van der Waals surface area contributed by atoms with Gasteiger partial charge in [-0.2, -0.15) is 0 Å². The van der Waals surface area contributed by atoms with Gasteiger partial charge in [0.2, 0.25) is 0 Å². The van der Waals surface area contributed by atoms with E-state index in [2.05, 4.69) is 39.0 Å². The van der Waals surface area contributed by atoms with Gasteiger partial charge in [-0.3, -0.25) is 0 Å². The molecule has 0 spiro atoms. The second-order valence-electron chi connectivity index (χ2n) is 3.80. The van der Waals surface area contributed by atoms with Crippen LogP contribution >= 0.6 is 0 Å². The van der Waals surface area contributed by atoms with Crippen LogP contribution in [0.2, 0.25) is 0 Å². The monoisotopic (exact) mass is 174 g/mol. The Morgan fingerprint density at radius 2 is 1.69 bits per heavy atom. The van der Waals surface area contributed by atoms with Gasteiger partial charge in [-0.15, -0.1) is 0 Å². The second kappa shape index (κ2) is 5.85. The molecule has 0 fully saturated rings. The number of rotatable bonds is 5. The summed E-state index contributed by atoms with van der Waals surface area (Å²) in [7, 11) is 2.14. The van der Waals surface area contributed by atoms with Gasteiger partial charge in [-0.25, -0.2) is 0 Å². The average Bonchev–Trinajstić information content (AvgIpc) is 2.15. The zero-order valence-electron chi connectivity index (χ0n) is 8.84. The molecule has 0 amide bonds. The second-order valence-corrected chi connectivity index (χ2v) is 3.80. The Kier molecular flexibility index (Phi) is 4.66. The molecule has 0 aliphatic heterocycles. The minimum atomic E-state index is 1.25. The van der Waals surface area contributed by atoms with Gasteiger partial charge in [-0.05, 0) is 18.4 Å². The molecular weight excluding hydrogens is 155 g/mol. The van der Waals surface area contributed by atoms with Crippen LogP contribution in [0.5, 0.6) is 0 Å². The lowest BCUT2D eigenvalue weighted by molar-refractivity contribution is 0.667. The first-order valence-electron chi connectivity index (χ1n) is 5.38. The highest BCUT2D eigenvalue weighted by molar-refractivity contribution is 6.32. The van der Waals surface area contributed by atoms with Gasteiger partial charge < -0.3 is 0 Å². The first kappa shape index (κ1) is 10.4. The van der Waals surface area contributed by atoms with Crippen molar-refractivity contribution < 1.29 is 0 Å². The van der Waals surface area contributed by atoms with Crippen LogP contribution in [-0.4, -0.2) is 7.85 Å². The molecule has 0 aromatic heterocycles. The molecule has 0 aliphatic carbocycles. The highest BCUT2D eigenvalue weighted by Crippen LogP contribution is 2.06. The van der Waals surface area contributed by atoms with E-state index in [1.165, 1.54) is 43.1 Å². The molecule has 13 heavy (non-hydrogen) atoms. The van der Waals surface area contributed by atoms with Crippen LogP contribution < -0.4 is 5.46 Å². The van der Waals surface area contributed by atoms with E-state index in [0.717, 1.165) is 0 Å². The summed E-state index contributed by atoms with van der Waals surface area (Å²) in [6, 6.07) is 8.91. The van der Waals surface area contributed by atoms with Gasteiger partial charge >= 0.3 is 0 Å². The Hall–Kier alpha value is -0.715. The molecule has 0 aliphatic rings. The van der Waals surface area contributed by atoms with E-state index in [4.69, 9.17) is 0 Å². The van der Waals surface area contributed by atoms with Crippen molar-refractivity contribution in [2.75, 3.05) is 0 Å². The van der Waals surface area contributed by atoms with Crippen molar-refractivity contribution in [1.82, 2.24) is 0 Å². The molecule has 0 saturated heterocycles. The lowest BCUT2D eigenvalue weighted by Crippen LogP contribution is -2.00. The van der Waals surface area contributed by atoms with Crippen LogP contribution in [0.3, 0.4) is 0 Å². The molecule has 0 radical (unpaired) electrons. The Morgan fingerprint density at radius 3 is 2.31 bits per heavy atom. The number of hydrogen-bond acceptors (Lipinski definition) is 0. The van der Waals surface area contributed by atoms with Crippen molar-refractivity contribution in [2.24, 2.45) is 0 Å². The number of unbranched alkanes of at least 4 members (excludes halogenated alkanes) is 3. The normalized spacial score (nSPS) is 10.2.